The van der Waals surface area contributed by atoms with Gasteiger partial charge in [-0.15, -0.1) is 0 Å². The van der Waals surface area contributed by atoms with E-state index in [9.17, 15) is 13.2 Å². The zero-order valence-corrected chi connectivity index (χ0v) is 18.5. The molecule has 156 valence electrons. The van der Waals surface area contributed by atoms with Gasteiger partial charge in [-0.25, -0.2) is 12.7 Å². The first-order valence-corrected chi connectivity index (χ1v) is 12.0. The Bertz CT molecular complexity index is 967. The lowest BCUT2D eigenvalue weighted by Crippen LogP contribution is -2.42. The number of piperidine rings is 1. The van der Waals surface area contributed by atoms with Gasteiger partial charge in [-0.05, 0) is 43.0 Å². The number of nitrogens with zero attached hydrogens (tertiary/aromatic N) is 1. The summed E-state index contributed by atoms with van der Waals surface area (Å²) in [5.74, 6) is -0.515. The van der Waals surface area contributed by atoms with E-state index in [1.807, 2.05) is 31.2 Å². The van der Waals surface area contributed by atoms with Gasteiger partial charge in [0.1, 0.15) is 0 Å². The van der Waals surface area contributed by atoms with E-state index >= 15 is 0 Å². The number of nitrogens with one attached hydrogen (secondary N) is 1. The Kier molecular flexibility index (Phi) is 7.22. The number of aryl methyl sites for hydroxylation is 1. The second kappa shape index (κ2) is 9.47. The van der Waals surface area contributed by atoms with E-state index in [4.69, 9.17) is 23.2 Å². The first-order valence-electron chi connectivity index (χ1n) is 9.61. The quantitative estimate of drug-likeness (QED) is 0.685. The number of halogens is 2. The number of anilines is 1. The molecule has 29 heavy (non-hydrogen) atoms. The topological polar surface area (TPSA) is 66.5 Å². The number of para-hydroxylation sites is 1. The zero-order valence-electron chi connectivity index (χ0n) is 16.2. The Balaban J connectivity index is 1.61. The molecular weight excluding hydrogens is 431 g/mol. The molecule has 0 bridgehead atoms. The number of sulfonamides is 1. The van der Waals surface area contributed by atoms with Crippen LogP contribution in [0, 0.1) is 5.92 Å². The van der Waals surface area contributed by atoms with Crippen LogP contribution in [0.3, 0.4) is 0 Å². The minimum atomic E-state index is -3.57. The van der Waals surface area contributed by atoms with Crippen LogP contribution in [-0.4, -0.2) is 31.7 Å². The SMILES string of the molecule is CCc1ccccc1NC(=O)C1CCN(S(=O)(=O)Cc2c(Cl)cccc2Cl)CC1. The molecule has 1 amide bonds. The first-order chi connectivity index (χ1) is 13.8. The van der Waals surface area contributed by atoms with Crippen molar-refractivity contribution >= 4 is 44.8 Å². The molecular formula is C21H24Cl2N2O3S. The molecule has 1 heterocycles. The molecule has 1 fully saturated rings. The Labute approximate surface area is 182 Å². The van der Waals surface area contributed by atoms with Crippen molar-refractivity contribution in [1.29, 1.82) is 0 Å². The smallest absolute Gasteiger partial charge is 0.227 e. The summed E-state index contributed by atoms with van der Waals surface area (Å²) in [5, 5.41) is 3.67. The number of hydrogen-bond acceptors (Lipinski definition) is 3. The van der Waals surface area contributed by atoms with Gasteiger partial charge in [0.25, 0.3) is 0 Å². The molecule has 5 nitrogen and oxygen atoms in total. The van der Waals surface area contributed by atoms with Crippen molar-refractivity contribution in [3.05, 3.63) is 63.6 Å². The highest BCUT2D eigenvalue weighted by molar-refractivity contribution is 7.88. The number of rotatable bonds is 6. The Morgan fingerprint density at radius 3 is 2.31 bits per heavy atom. The lowest BCUT2D eigenvalue weighted by atomic mass is 9.97. The van der Waals surface area contributed by atoms with E-state index in [-0.39, 0.29) is 17.6 Å². The molecule has 2 aromatic rings. The number of carbonyl (C=O) groups is 1. The van der Waals surface area contributed by atoms with Crippen molar-refractivity contribution in [2.75, 3.05) is 18.4 Å². The summed E-state index contributed by atoms with van der Waals surface area (Å²) in [6.45, 7) is 2.65. The van der Waals surface area contributed by atoms with Crippen molar-refractivity contribution in [3.8, 4) is 0 Å². The van der Waals surface area contributed by atoms with Gasteiger partial charge in [-0.2, -0.15) is 0 Å². The third kappa shape index (κ3) is 5.31. The van der Waals surface area contributed by atoms with Crippen LogP contribution in [0.25, 0.3) is 0 Å². The number of carbonyl (C=O) groups excluding carboxylic acids is 1. The standard InChI is InChI=1S/C21H24Cl2N2O3S/c1-2-15-6-3-4-9-20(15)24-21(26)16-10-12-25(13-11-16)29(27,28)14-17-18(22)7-5-8-19(17)23/h3-9,16H,2,10-14H2,1H3,(H,24,26). The Morgan fingerprint density at radius 1 is 1.07 bits per heavy atom. The van der Waals surface area contributed by atoms with Gasteiger partial charge < -0.3 is 5.32 Å². The molecule has 0 atom stereocenters. The van der Waals surface area contributed by atoms with Crippen LogP contribution in [-0.2, 0) is 27.0 Å². The fourth-order valence-electron chi connectivity index (χ4n) is 3.53. The molecule has 0 saturated carbocycles. The van der Waals surface area contributed by atoms with Crippen molar-refractivity contribution in [1.82, 2.24) is 4.31 Å². The Hall–Kier alpha value is -1.60. The van der Waals surface area contributed by atoms with Gasteiger partial charge in [0.15, 0.2) is 0 Å². The van der Waals surface area contributed by atoms with Crippen LogP contribution in [0.5, 0.6) is 0 Å². The Morgan fingerprint density at radius 2 is 1.69 bits per heavy atom. The lowest BCUT2D eigenvalue weighted by molar-refractivity contribution is -0.120. The summed E-state index contributed by atoms with van der Waals surface area (Å²) in [5.41, 5.74) is 2.31. The minimum absolute atomic E-state index is 0.0582. The fourth-order valence-corrected chi connectivity index (χ4v) is 5.84. The average Bonchev–Trinajstić information content (AvgIpc) is 2.71. The van der Waals surface area contributed by atoms with Crippen LogP contribution in [0.2, 0.25) is 10.0 Å². The maximum Gasteiger partial charge on any atom is 0.227 e. The van der Waals surface area contributed by atoms with Gasteiger partial charge in [-0.3, -0.25) is 4.79 Å². The number of benzene rings is 2. The molecule has 2 aromatic carbocycles. The van der Waals surface area contributed by atoms with Gasteiger partial charge in [0.05, 0.1) is 5.75 Å². The van der Waals surface area contributed by atoms with E-state index in [1.165, 1.54) is 4.31 Å². The summed E-state index contributed by atoms with van der Waals surface area (Å²) in [6, 6.07) is 12.7. The highest BCUT2D eigenvalue weighted by Gasteiger charge is 2.32. The highest BCUT2D eigenvalue weighted by Crippen LogP contribution is 2.29. The number of amides is 1. The average molecular weight is 455 g/mol. The third-order valence-corrected chi connectivity index (χ3v) is 7.78. The van der Waals surface area contributed by atoms with Gasteiger partial charge in [-0.1, -0.05) is 54.4 Å². The molecule has 0 spiro atoms. The predicted molar refractivity (Wildman–Crippen MR) is 118 cm³/mol. The molecule has 1 aliphatic rings. The summed E-state index contributed by atoms with van der Waals surface area (Å²) in [7, 11) is -3.57. The largest absolute Gasteiger partial charge is 0.326 e. The summed E-state index contributed by atoms with van der Waals surface area (Å²) in [4.78, 5) is 12.7. The van der Waals surface area contributed by atoms with E-state index in [2.05, 4.69) is 5.32 Å². The molecule has 8 heteroatoms. The maximum absolute atomic E-state index is 12.8. The highest BCUT2D eigenvalue weighted by atomic mass is 35.5. The van der Waals surface area contributed by atoms with Crippen molar-refractivity contribution in [3.63, 3.8) is 0 Å². The van der Waals surface area contributed by atoms with E-state index in [1.54, 1.807) is 18.2 Å². The minimum Gasteiger partial charge on any atom is -0.326 e. The van der Waals surface area contributed by atoms with Gasteiger partial charge >= 0.3 is 0 Å². The molecule has 1 saturated heterocycles. The van der Waals surface area contributed by atoms with Crippen molar-refractivity contribution in [2.24, 2.45) is 5.92 Å². The van der Waals surface area contributed by atoms with E-state index < -0.39 is 10.0 Å². The van der Waals surface area contributed by atoms with Crippen LogP contribution < -0.4 is 5.32 Å². The summed E-state index contributed by atoms with van der Waals surface area (Å²) >= 11 is 12.2. The van der Waals surface area contributed by atoms with Crippen LogP contribution >= 0.6 is 23.2 Å². The lowest BCUT2D eigenvalue weighted by Gasteiger charge is -2.31. The van der Waals surface area contributed by atoms with E-state index in [0.29, 0.717) is 41.5 Å². The fraction of sp³-hybridized carbons (Fsp3) is 0.381. The molecule has 0 radical (unpaired) electrons. The monoisotopic (exact) mass is 454 g/mol. The third-order valence-electron chi connectivity index (χ3n) is 5.26. The summed E-state index contributed by atoms with van der Waals surface area (Å²) in [6.07, 6.45) is 1.79. The molecule has 0 unspecified atom stereocenters. The predicted octanol–water partition coefficient (Wildman–Crippen LogP) is 4.74. The summed E-state index contributed by atoms with van der Waals surface area (Å²) < 4.78 is 27.1. The van der Waals surface area contributed by atoms with Crippen LogP contribution in [0.15, 0.2) is 42.5 Å². The van der Waals surface area contributed by atoms with Crippen LogP contribution in [0.4, 0.5) is 5.69 Å². The molecule has 1 aliphatic heterocycles. The van der Waals surface area contributed by atoms with Crippen LogP contribution in [0.1, 0.15) is 30.9 Å². The second-order valence-electron chi connectivity index (χ2n) is 7.13. The van der Waals surface area contributed by atoms with Gasteiger partial charge in [0, 0.05) is 40.3 Å². The first kappa shape index (κ1) is 22.1. The van der Waals surface area contributed by atoms with E-state index in [0.717, 1.165) is 17.7 Å². The van der Waals surface area contributed by atoms with Gasteiger partial charge in [0.2, 0.25) is 15.9 Å². The zero-order chi connectivity index (χ0) is 21.0. The molecule has 1 N–H and O–H groups in total. The second-order valence-corrected chi connectivity index (χ2v) is 9.91. The molecule has 0 aliphatic carbocycles. The molecule has 3 rings (SSSR count). The normalized spacial score (nSPS) is 16.0. The molecule has 0 aromatic heterocycles. The van der Waals surface area contributed by atoms with Crippen molar-refractivity contribution in [2.45, 2.75) is 31.9 Å². The maximum atomic E-state index is 12.8. The number of hydrogen-bond donors (Lipinski definition) is 1. The van der Waals surface area contributed by atoms with Crippen molar-refractivity contribution < 1.29 is 13.2 Å².